The summed E-state index contributed by atoms with van der Waals surface area (Å²) in [5.41, 5.74) is 1.42. The molecule has 0 radical (unpaired) electrons. The van der Waals surface area contributed by atoms with Gasteiger partial charge in [-0.1, -0.05) is 24.3 Å². The summed E-state index contributed by atoms with van der Waals surface area (Å²) in [6, 6.07) is 7.24. The van der Waals surface area contributed by atoms with Crippen molar-refractivity contribution in [1.82, 2.24) is 10.6 Å². The summed E-state index contributed by atoms with van der Waals surface area (Å²) in [5, 5.41) is 6.50. The zero-order valence-corrected chi connectivity index (χ0v) is 18.6. The number of alkyl halides is 3. The quantitative estimate of drug-likeness (QED) is 0.312. The molecule has 1 aliphatic heterocycles. The Morgan fingerprint density at radius 1 is 1.29 bits per heavy atom. The predicted molar refractivity (Wildman–Crippen MR) is 114 cm³/mol. The fraction of sp³-hybridized carbons (Fsp3) is 0.632. The molecule has 2 rings (SSSR count). The summed E-state index contributed by atoms with van der Waals surface area (Å²) in [6.45, 7) is 5.36. The Morgan fingerprint density at radius 2 is 2.04 bits per heavy atom. The maximum Gasteiger partial charge on any atom is 0.411 e. The molecule has 1 aromatic rings. The minimum absolute atomic E-state index is 0. The van der Waals surface area contributed by atoms with Crippen LogP contribution in [0.2, 0.25) is 0 Å². The van der Waals surface area contributed by atoms with Gasteiger partial charge in [0.25, 0.3) is 0 Å². The molecule has 1 saturated heterocycles. The number of aliphatic imine (C=N–C) groups is 1. The highest BCUT2D eigenvalue weighted by Crippen LogP contribution is 2.23. The third-order valence-electron chi connectivity index (χ3n) is 4.22. The van der Waals surface area contributed by atoms with Crippen LogP contribution in [0.4, 0.5) is 13.2 Å². The third-order valence-corrected chi connectivity index (χ3v) is 4.22. The number of ether oxygens (including phenoxy) is 2. The monoisotopic (exact) mass is 515 g/mol. The summed E-state index contributed by atoms with van der Waals surface area (Å²) in [6.07, 6.45) is -2.23. The molecule has 0 amide bonds. The summed E-state index contributed by atoms with van der Waals surface area (Å²) in [5.74, 6) is 0.688. The van der Waals surface area contributed by atoms with Gasteiger partial charge < -0.3 is 20.1 Å². The van der Waals surface area contributed by atoms with E-state index < -0.39 is 12.8 Å². The molecular formula is C19H29F3IN3O2. The maximum atomic E-state index is 12.2. The van der Waals surface area contributed by atoms with Crippen LogP contribution >= 0.6 is 24.0 Å². The highest BCUT2D eigenvalue weighted by molar-refractivity contribution is 14.0. The number of halogens is 4. The second kappa shape index (κ2) is 11.8. The first-order valence-corrected chi connectivity index (χ1v) is 9.18. The van der Waals surface area contributed by atoms with Crippen molar-refractivity contribution in [1.29, 1.82) is 0 Å². The molecule has 2 N–H and O–H groups in total. The number of hydrogen-bond donors (Lipinski definition) is 2. The van der Waals surface area contributed by atoms with Crippen molar-refractivity contribution in [3.8, 4) is 0 Å². The molecule has 1 unspecified atom stereocenters. The van der Waals surface area contributed by atoms with Gasteiger partial charge in [-0.05, 0) is 37.8 Å². The Kier molecular flexibility index (Phi) is 10.5. The summed E-state index contributed by atoms with van der Waals surface area (Å²) >= 11 is 0. The summed E-state index contributed by atoms with van der Waals surface area (Å²) in [7, 11) is 0. The van der Waals surface area contributed by atoms with Crippen LogP contribution < -0.4 is 10.6 Å². The van der Waals surface area contributed by atoms with E-state index in [-0.39, 0.29) is 36.2 Å². The van der Waals surface area contributed by atoms with E-state index in [1.807, 2.05) is 19.1 Å². The van der Waals surface area contributed by atoms with E-state index in [0.717, 1.165) is 31.6 Å². The smallest absolute Gasteiger partial charge is 0.373 e. The van der Waals surface area contributed by atoms with Gasteiger partial charge in [-0.3, -0.25) is 0 Å². The SMILES string of the molecule is CCNC(=NCc1cccc(COCC(F)(F)F)c1)NCC1(C)CCCO1.I. The summed E-state index contributed by atoms with van der Waals surface area (Å²) < 4.78 is 47.0. The zero-order chi connectivity index (χ0) is 19.8. The number of guanidine groups is 1. The third kappa shape index (κ3) is 9.42. The number of nitrogens with zero attached hydrogens (tertiary/aromatic N) is 1. The van der Waals surface area contributed by atoms with E-state index in [9.17, 15) is 13.2 Å². The Morgan fingerprint density at radius 3 is 2.68 bits per heavy atom. The van der Waals surface area contributed by atoms with Gasteiger partial charge in [-0.25, -0.2) is 4.99 Å². The van der Waals surface area contributed by atoms with Gasteiger partial charge in [0.15, 0.2) is 5.96 Å². The first-order chi connectivity index (χ1) is 12.8. The second-order valence-electron chi connectivity index (χ2n) is 6.88. The Hall–Kier alpha value is -1.07. The van der Waals surface area contributed by atoms with E-state index in [1.54, 1.807) is 12.1 Å². The standard InChI is InChI=1S/C19H28F3N3O2.HI/c1-3-23-17(25-13-18(2)8-5-9-27-18)24-11-15-6-4-7-16(10-15)12-26-14-19(20,21)22;/h4,6-7,10H,3,5,8-9,11-14H2,1-2H3,(H2,23,24,25);1H. The van der Waals surface area contributed by atoms with Crippen LogP contribution in [-0.4, -0.2) is 44.0 Å². The largest absolute Gasteiger partial charge is 0.411 e. The highest BCUT2D eigenvalue weighted by atomic mass is 127. The van der Waals surface area contributed by atoms with Crippen molar-refractivity contribution < 1.29 is 22.6 Å². The molecule has 0 aromatic heterocycles. The highest BCUT2D eigenvalue weighted by Gasteiger charge is 2.29. The Labute approximate surface area is 181 Å². The van der Waals surface area contributed by atoms with Crippen LogP contribution in [0, 0.1) is 0 Å². The van der Waals surface area contributed by atoms with Crippen molar-refractivity contribution in [2.75, 3.05) is 26.3 Å². The number of hydrogen-bond acceptors (Lipinski definition) is 3. The van der Waals surface area contributed by atoms with Gasteiger partial charge in [0, 0.05) is 19.7 Å². The topological polar surface area (TPSA) is 54.9 Å². The van der Waals surface area contributed by atoms with Crippen LogP contribution in [0.1, 0.15) is 37.8 Å². The van der Waals surface area contributed by atoms with Gasteiger partial charge in [-0.15, -0.1) is 24.0 Å². The van der Waals surface area contributed by atoms with Crippen molar-refractivity contribution >= 4 is 29.9 Å². The first kappa shape index (κ1) is 25.0. The molecule has 0 saturated carbocycles. The molecular weight excluding hydrogens is 486 g/mol. The molecule has 0 spiro atoms. The Bertz CT molecular complexity index is 621. The van der Waals surface area contributed by atoms with Crippen LogP contribution in [0.15, 0.2) is 29.3 Å². The van der Waals surface area contributed by atoms with Crippen LogP contribution in [0.3, 0.4) is 0 Å². The molecule has 1 fully saturated rings. The molecule has 0 aliphatic carbocycles. The minimum atomic E-state index is -4.31. The lowest BCUT2D eigenvalue weighted by Gasteiger charge is -2.24. The lowest BCUT2D eigenvalue weighted by Crippen LogP contribution is -2.45. The van der Waals surface area contributed by atoms with E-state index in [0.29, 0.717) is 24.6 Å². The van der Waals surface area contributed by atoms with Crippen molar-refractivity contribution in [2.24, 2.45) is 4.99 Å². The molecule has 1 heterocycles. The van der Waals surface area contributed by atoms with Crippen LogP contribution in [-0.2, 0) is 22.6 Å². The Balaban J connectivity index is 0.00000392. The van der Waals surface area contributed by atoms with Gasteiger partial charge in [0.1, 0.15) is 6.61 Å². The average Bonchev–Trinajstić information content (AvgIpc) is 3.04. The van der Waals surface area contributed by atoms with Crippen molar-refractivity contribution in [3.05, 3.63) is 35.4 Å². The molecule has 0 bridgehead atoms. The van der Waals surface area contributed by atoms with Crippen molar-refractivity contribution in [2.45, 2.75) is 51.6 Å². The van der Waals surface area contributed by atoms with Gasteiger partial charge in [0.05, 0.1) is 18.8 Å². The van der Waals surface area contributed by atoms with E-state index in [4.69, 9.17) is 9.47 Å². The molecule has 5 nitrogen and oxygen atoms in total. The molecule has 1 aliphatic rings. The lowest BCUT2D eigenvalue weighted by atomic mass is 10.0. The van der Waals surface area contributed by atoms with Crippen LogP contribution in [0.5, 0.6) is 0 Å². The van der Waals surface area contributed by atoms with E-state index in [1.165, 1.54) is 0 Å². The molecule has 9 heteroatoms. The fourth-order valence-electron chi connectivity index (χ4n) is 2.86. The summed E-state index contributed by atoms with van der Waals surface area (Å²) in [4.78, 5) is 4.55. The zero-order valence-electron chi connectivity index (χ0n) is 16.3. The molecule has 28 heavy (non-hydrogen) atoms. The van der Waals surface area contributed by atoms with Crippen LogP contribution in [0.25, 0.3) is 0 Å². The van der Waals surface area contributed by atoms with E-state index >= 15 is 0 Å². The molecule has 1 atom stereocenters. The first-order valence-electron chi connectivity index (χ1n) is 9.18. The van der Waals surface area contributed by atoms with Crippen molar-refractivity contribution in [3.63, 3.8) is 0 Å². The second-order valence-corrected chi connectivity index (χ2v) is 6.88. The molecule has 160 valence electrons. The van der Waals surface area contributed by atoms with Gasteiger partial charge >= 0.3 is 6.18 Å². The molecule has 1 aromatic carbocycles. The van der Waals surface area contributed by atoms with Gasteiger partial charge in [-0.2, -0.15) is 13.2 Å². The fourth-order valence-corrected chi connectivity index (χ4v) is 2.86. The maximum absolute atomic E-state index is 12.2. The number of nitrogens with one attached hydrogen (secondary N) is 2. The average molecular weight is 515 g/mol. The van der Waals surface area contributed by atoms with E-state index in [2.05, 4.69) is 22.5 Å². The van der Waals surface area contributed by atoms with Gasteiger partial charge in [0.2, 0.25) is 0 Å². The minimum Gasteiger partial charge on any atom is -0.373 e. The predicted octanol–water partition coefficient (Wildman–Crippen LogP) is 4.01. The lowest BCUT2D eigenvalue weighted by molar-refractivity contribution is -0.176. The normalized spacial score (nSPS) is 20.0. The number of benzene rings is 1. The number of rotatable bonds is 8.